The molecule has 1 fully saturated rings. The summed E-state index contributed by atoms with van der Waals surface area (Å²) in [6.45, 7) is -0.893. The van der Waals surface area contributed by atoms with Crippen molar-refractivity contribution < 1.29 is 18.3 Å². The molecule has 1 amide bonds. The first kappa shape index (κ1) is 14.2. The minimum atomic E-state index is -3.10. The predicted octanol–water partition coefficient (Wildman–Crippen LogP) is 3.29. The second-order valence-corrected chi connectivity index (χ2v) is 4.39. The number of halogens is 4. The van der Waals surface area contributed by atoms with Gasteiger partial charge in [0.15, 0.2) is 6.61 Å². The van der Waals surface area contributed by atoms with Gasteiger partial charge in [-0.15, -0.1) is 12.4 Å². The summed E-state index contributed by atoms with van der Waals surface area (Å²) in [4.78, 5) is 10.9. The van der Waals surface area contributed by atoms with Gasteiger partial charge in [-0.25, -0.2) is 13.6 Å². The van der Waals surface area contributed by atoms with Crippen LogP contribution >= 0.6 is 28.3 Å². The number of nitrogens with one attached hydrogen (secondary N) is 1. The first-order chi connectivity index (χ1) is 7.49. The second-order valence-electron chi connectivity index (χ2n) is 3.47. The smallest absolute Gasteiger partial charge is 0.408 e. The molecular weight excluding hydrogens is 319 g/mol. The zero-order valence-electron chi connectivity index (χ0n) is 8.45. The fraction of sp³-hybridized carbons (Fsp3) is 0.300. The van der Waals surface area contributed by atoms with E-state index in [0.29, 0.717) is 10.0 Å². The molecule has 94 valence electrons. The molecule has 17 heavy (non-hydrogen) atoms. The molecule has 1 N–H and O–H groups in total. The summed E-state index contributed by atoms with van der Waals surface area (Å²) in [6.07, 6.45) is -0.823. The van der Waals surface area contributed by atoms with Crippen LogP contribution in [0.1, 0.15) is 11.6 Å². The first-order valence-corrected chi connectivity index (χ1v) is 5.35. The van der Waals surface area contributed by atoms with Crippen LogP contribution in [0.15, 0.2) is 28.7 Å². The quantitative estimate of drug-likeness (QED) is 0.859. The van der Waals surface area contributed by atoms with Crippen molar-refractivity contribution in [2.75, 3.05) is 6.61 Å². The van der Waals surface area contributed by atoms with Gasteiger partial charge in [0.05, 0.1) is 0 Å². The fourth-order valence-corrected chi connectivity index (χ4v) is 1.94. The molecule has 0 saturated carbocycles. The number of benzene rings is 1. The Kier molecular flexibility index (Phi) is 4.32. The maximum atomic E-state index is 13.5. The van der Waals surface area contributed by atoms with Crippen molar-refractivity contribution in [3.8, 4) is 0 Å². The lowest BCUT2D eigenvalue weighted by Crippen LogP contribution is -2.49. The normalized spacial score (nSPS) is 22.1. The zero-order chi connectivity index (χ0) is 11.8. The van der Waals surface area contributed by atoms with Gasteiger partial charge in [0.1, 0.15) is 6.04 Å². The lowest BCUT2D eigenvalue weighted by Gasteiger charge is -2.31. The molecule has 0 aromatic heterocycles. The molecule has 1 aliphatic rings. The lowest BCUT2D eigenvalue weighted by molar-refractivity contribution is -0.104. The van der Waals surface area contributed by atoms with Crippen LogP contribution in [0, 0.1) is 0 Å². The first-order valence-electron chi connectivity index (χ1n) is 4.55. The van der Waals surface area contributed by atoms with Crippen LogP contribution in [-0.4, -0.2) is 18.6 Å². The van der Waals surface area contributed by atoms with Crippen LogP contribution in [0.2, 0.25) is 0 Å². The van der Waals surface area contributed by atoms with E-state index in [1.54, 1.807) is 18.2 Å². The molecule has 1 saturated heterocycles. The minimum absolute atomic E-state index is 0. The molecule has 7 heteroatoms. The van der Waals surface area contributed by atoms with Gasteiger partial charge in [-0.2, -0.15) is 0 Å². The number of rotatable bonds is 1. The number of hydrogen-bond acceptors (Lipinski definition) is 2. The number of carbonyl (C=O) groups is 1. The van der Waals surface area contributed by atoms with E-state index in [-0.39, 0.29) is 12.4 Å². The Balaban J connectivity index is 0.00000144. The number of carbonyl (C=O) groups excluding carboxylic acids is 1. The van der Waals surface area contributed by atoms with Gasteiger partial charge in [0, 0.05) is 4.47 Å². The molecule has 0 spiro atoms. The van der Waals surface area contributed by atoms with Crippen LogP contribution in [0.5, 0.6) is 0 Å². The molecule has 0 radical (unpaired) electrons. The van der Waals surface area contributed by atoms with Crippen LogP contribution in [-0.2, 0) is 4.74 Å². The maximum absolute atomic E-state index is 13.5. The van der Waals surface area contributed by atoms with E-state index in [2.05, 4.69) is 26.0 Å². The summed E-state index contributed by atoms with van der Waals surface area (Å²) in [7, 11) is 0. The van der Waals surface area contributed by atoms with Gasteiger partial charge in [0.2, 0.25) is 0 Å². The molecule has 1 heterocycles. The standard InChI is InChI=1S/C10H8BrF2NO2.ClH/c11-7-3-1-2-6(4-7)8-10(12,13)5-16-9(15)14-8;/h1-4,8H,5H2,(H,14,15);1H/t8-;/m0./s1. The van der Waals surface area contributed by atoms with Gasteiger partial charge >= 0.3 is 12.0 Å². The van der Waals surface area contributed by atoms with E-state index in [9.17, 15) is 13.6 Å². The Bertz CT molecular complexity index is 431. The largest absolute Gasteiger partial charge is 0.443 e. The highest BCUT2D eigenvalue weighted by atomic mass is 79.9. The molecule has 3 nitrogen and oxygen atoms in total. The van der Waals surface area contributed by atoms with E-state index in [4.69, 9.17) is 0 Å². The molecule has 1 aromatic rings. The molecule has 2 rings (SSSR count). The highest BCUT2D eigenvalue weighted by molar-refractivity contribution is 9.10. The Morgan fingerprint density at radius 3 is 2.82 bits per heavy atom. The van der Waals surface area contributed by atoms with Gasteiger partial charge in [-0.05, 0) is 17.7 Å². The molecule has 0 unspecified atom stereocenters. The van der Waals surface area contributed by atoms with E-state index >= 15 is 0 Å². The number of amides is 1. The molecule has 1 aromatic carbocycles. The van der Waals surface area contributed by atoms with E-state index < -0.39 is 24.7 Å². The monoisotopic (exact) mass is 327 g/mol. The van der Waals surface area contributed by atoms with Crippen molar-refractivity contribution in [2.24, 2.45) is 0 Å². The number of alkyl halides is 2. The van der Waals surface area contributed by atoms with E-state index in [0.717, 1.165) is 0 Å². The molecule has 0 aliphatic carbocycles. The fourth-order valence-electron chi connectivity index (χ4n) is 1.52. The third kappa shape index (κ3) is 3.07. The third-order valence-electron chi connectivity index (χ3n) is 2.26. The number of hydrogen-bond donors (Lipinski definition) is 1. The summed E-state index contributed by atoms with van der Waals surface area (Å²) in [6, 6.07) is 5.10. The zero-order valence-corrected chi connectivity index (χ0v) is 10.9. The van der Waals surface area contributed by atoms with Crippen LogP contribution in [0.4, 0.5) is 13.6 Å². The topological polar surface area (TPSA) is 38.3 Å². The Morgan fingerprint density at radius 2 is 2.18 bits per heavy atom. The second kappa shape index (κ2) is 5.18. The van der Waals surface area contributed by atoms with Gasteiger partial charge in [-0.3, -0.25) is 0 Å². The predicted molar refractivity (Wildman–Crippen MR) is 63.6 cm³/mol. The SMILES string of the molecule is Cl.O=C1N[C@@H](c2cccc(Br)c2)C(F)(F)CO1. The van der Waals surface area contributed by atoms with Gasteiger partial charge < -0.3 is 10.1 Å². The summed E-state index contributed by atoms with van der Waals surface area (Å²) in [5.74, 6) is -3.10. The average Bonchev–Trinajstić information content (AvgIpc) is 2.22. The lowest BCUT2D eigenvalue weighted by atomic mass is 10.0. The summed E-state index contributed by atoms with van der Waals surface area (Å²) < 4.78 is 32.0. The Morgan fingerprint density at radius 1 is 1.47 bits per heavy atom. The number of cyclic esters (lactones) is 1. The van der Waals surface area contributed by atoms with Crippen LogP contribution < -0.4 is 5.32 Å². The summed E-state index contributed by atoms with van der Waals surface area (Å²) in [5, 5.41) is 2.12. The number of ether oxygens (including phenoxy) is 1. The van der Waals surface area contributed by atoms with Gasteiger partial charge in [0.25, 0.3) is 0 Å². The van der Waals surface area contributed by atoms with Crippen LogP contribution in [0.3, 0.4) is 0 Å². The molecule has 1 aliphatic heterocycles. The third-order valence-corrected chi connectivity index (χ3v) is 2.76. The average molecular weight is 329 g/mol. The highest BCUT2D eigenvalue weighted by Gasteiger charge is 2.46. The molecule has 0 bridgehead atoms. The van der Waals surface area contributed by atoms with Gasteiger partial charge in [-0.1, -0.05) is 28.1 Å². The summed E-state index contributed by atoms with van der Waals surface area (Å²) >= 11 is 3.19. The Hall–Kier alpha value is -0.880. The molecule has 1 atom stereocenters. The highest BCUT2D eigenvalue weighted by Crippen LogP contribution is 2.35. The van der Waals surface area contributed by atoms with Crippen molar-refractivity contribution in [1.82, 2.24) is 5.32 Å². The Labute approximate surface area is 111 Å². The van der Waals surface area contributed by atoms with Crippen LogP contribution in [0.25, 0.3) is 0 Å². The summed E-state index contributed by atoms with van der Waals surface area (Å²) in [5.41, 5.74) is 0.344. The molecular formula is C10H9BrClF2NO2. The van der Waals surface area contributed by atoms with Crippen molar-refractivity contribution in [3.63, 3.8) is 0 Å². The maximum Gasteiger partial charge on any atom is 0.408 e. The van der Waals surface area contributed by atoms with Crippen molar-refractivity contribution >= 4 is 34.4 Å². The van der Waals surface area contributed by atoms with E-state index in [1.807, 2.05) is 0 Å². The number of alkyl carbamates (subject to hydrolysis) is 1. The van der Waals surface area contributed by atoms with Crippen molar-refractivity contribution in [1.29, 1.82) is 0 Å². The minimum Gasteiger partial charge on any atom is -0.443 e. The van der Waals surface area contributed by atoms with Crippen molar-refractivity contribution in [3.05, 3.63) is 34.3 Å². The van der Waals surface area contributed by atoms with Crippen molar-refractivity contribution in [2.45, 2.75) is 12.0 Å². The van der Waals surface area contributed by atoms with E-state index in [1.165, 1.54) is 6.07 Å².